The minimum Gasteiger partial charge on any atom is -0.309 e. The van der Waals surface area contributed by atoms with Crippen molar-refractivity contribution in [3.8, 4) is 0 Å². The molecule has 10 heteroatoms. The predicted molar refractivity (Wildman–Crippen MR) is 57.0 cm³/mol. The molecule has 0 fully saturated rings. The maximum absolute atomic E-state index is 12.3. The van der Waals surface area contributed by atoms with Gasteiger partial charge in [-0.3, -0.25) is 0 Å². The number of rotatable bonds is 6. The van der Waals surface area contributed by atoms with Gasteiger partial charge in [-0.1, -0.05) is 5.22 Å². The van der Waals surface area contributed by atoms with Gasteiger partial charge in [0.1, 0.15) is 0 Å². The van der Waals surface area contributed by atoms with Crippen LogP contribution in [0.1, 0.15) is 12.2 Å². The van der Waals surface area contributed by atoms with Crippen LogP contribution in [0.3, 0.4) is 0 Å². The third kappa shape index (κ3) is 3.95. The largest absolute Gasteiger partial charge is 0.453 e. The molecule has 0 unspecified atom stereocenters. The van der Waals surface area contributed by atoms with E-state index < -0.39 is 12.0 Å². The number of alkyl halides is 3. The Morgan fingerprint density at radius 2 is 2.00 bits per heavy atom. The Bertz CT molecular complexity index is 386. The molecule has 18 heavy (non-hydrogen) atoms. The molecule has 1 aromatic heterocycles. The predicted octanol–water partition coefficient (Wildman–Crippen LogP) is 1.53. The fourth-order valence-corrected chi connectivity index (χ4v) is 1.24. The Hall–Kier alpha value is -1.71. The van der Waals surface area contributed by atoms with Gasteiger partial charge in [0.2, 0.25) is 5.95 Å². The summed E-state index contributed by atoms with van der Waals surface area (Å²) < 4.78 is 36.8. The molecule has 0 aliphatic carbocycles. The zero-order valence-electron chi connectivity index (χ0n) is 9.99. The van der Waals surface area contributed by atoms with Gasteiger partial charge in [0.05, 0.1) is 0 Å². The lowest BCUT2D eigenvalue weighted by Crippen LogP contribution is -2.23. The van der Waals surface area contributed by atoms with Crippen molar-refractivity contribution in [2.24, 2.45) is 5.22 Å². The number of halogens is 3. The van der Waals surface area contributed by atoms with Crippen LogP contribution in [0.5, 0.6) is 0 Å². The molecule has 0 bridgehead atoms. The highest BCUT2D eigenvalue weighted by Crippen LogP contribution is 2.26. The summed E-state index contributed by atoms with van der Waals surface area (Å²) in [5, 5.41) is 9.31. The van der Waals surface area contributed by atoms with Gasteiger partial charge in [-0.25, -0.2) is 10.1 Å². The minimum absolute atomic E-state index is 0.184. The lowest BCUT2D eigenvalue weighted by molar-refractivity contribution is -0.144. The number of H-pyrrole nitrogens is 1. The normalized spacial score (nSPS) is 11.9. The molecular weight excluding hydrogens is 251 g/mol. The second kappa shape index (κ2) is 5.76. The van der Waals surface area contributed by atoms with E-state index in [0.29, 0.717) is 6.42 Å². The molecular formula is C8H14F3N7. The third-order valence-corrected chi connectivity index (χ3v) is 2.07. The number of aromatic amines is 1. The maximum atomic E-state index is 12.3. The molecule has 7 nitrogen and oxygen atoms in total. The minimum atomic E-state index is -4.61. The van der Waals surface area contributed by atoms with Gasteiger partial charge in [-0.2, -0.15) is 23.7 Å². The van der Waals surface area contributed by atoms with Crippen molar-refractivity contribution in [3.63, 3.8) is 0 Å². The van der Waals surface area contributed by atoms with E-state index in [1.807, 2.05) is 19.0 Å². The smallest absolute Gasteiger partial charge is 0.309 e. The summed E-state index contributed by atoms with van der Waals surface area (Å²) in [5.41, 5.74) is 6.92. The van der Waals surface area contributed by atoms with Crippen LogP contribution in [0.15, 0.2) is 5.22 Å². The van der Waals surface area contributed by atoms with E-state index in [1.54, 1.807) is 0 Å². The van der Waals surface area contributed by atoms with E-state index >= 15 is 0 Å². The van der Waals surface area contributed by atoms with E-state index in [-0.39, 0.29) is 12.5 Å². The van der Waals surface area contributed by atoms with Crippen LogP contribution in [0, 0.1) is 5.53 Å². The van der Waals surface area contributed by atoms with Crippen LogP contribution in [0.25, 0.3) is 0 Å². The zero-order chi connectivity index (χ0) is 13.8. The molecule has 0 aromatic carbocycles. The second-order valence-electron chi connectivity index (χ2n) is 3.86. The highest BCUT2D eigenvalue weighted by atomic mass is 19.4. The Balaban J connectivity index is 2.65. The summed E-state index contributed by atoms with van der Waals surface area (Å²) >= 11 is 0. The summed E-state index contributed by atoms with van der Waals surface area (Å²) in [6.45, 7) is 1.01. The molecule has 0 saturated carbocycles. The van der Waals surface area contributed by atoms with Gasteiger partial charge in [0.15, 0.2) is 0 Å². The number of anilines is 1. The van der Waals surface area contributed by atoms with E-state index in [4.69, 9.17) is 5.53 Å². The number of hydrogen-bond acceptors (Lipinski definition) is 5. The summed E-state index contributed by atoms with van der Waals surface area (Å²) in [5.74, 6) is -1.45. The molecule has 0 spiro atoms. The summed E-state index contributed by atoms with van der Waals surface area (Å²) in [7, 11) is 3.75. The van der Waals surface area contributed by atoms with Crippen molar-refractivity contribution < 1.29 is 13.2 Å². The van der Waals surface area contributed by atoms with Crippen molar-refractivity contribution in [2.45, 2.75) is 12.6 Å². The number of nitrogens with zero attached hydrogens (tertiary/aromatic N) is 5. The Morgan fingerprint density at radius 3 is 2.44 bits per heavy atom. The molecule has 102 valence electrons. The van der Waals surface area contributed by atoms with E-state index in [9.17, 15) is 13.2 Å². The molecule has 1 heterocycles. The first-order valence-electron chi connectivity index (χ1n) is 5.14. The van der Waals surface area contributed by atoms with E-state index in [1.165, 1.54) is 0 Å². The van der Waals surface area contributed by atoms with Crippen LogP contribution in [0.4, 0.5) is 19.1 Å². The van der Waals surface area contributed by atoms with Crippen molar-refractivity contribution in [3.05, 3.63) is 5.82 Å². The summed E-state index contributed by atoms with van der Waals surface area (Å²) in [4.78, 5) is 5.18. The van der Waals surface area contributed by atoms with Crippen LogP contribution in [-0.4, -0.2) is 47.3 Å². The van der Waals surface area contributed by atoms with Crippen LogP contribution >= 0.6 is 0 Å². The molecule has 0 aliphatic rings. The van der Waals surface area contributed by atoms with Crippen LogP contribution in [-0.2, 0) is 6.18 Å². The second-order valence-corrected chi connectivity index (χ2v) is 3.86. The zero-order valence-corrected chi connectivity index (χ0v) is 9.99. The first-order chi connectivity index (χ1) is 8.34. The van der Waals surface area contributed by atoms with Gasteiger partial charge >= 0.3 is 6.18 Å². The first kappa shape index (κ1) is 14.4. The van der Waals surface area contributed by atoms with E-state index in [0.717, 1.165) is 11.6 Å². The van der Waals surface area contributed by atoms with Crippen molar-refractivity contribution >= 4 is 5.95 Å². The Labute approximate surface area is 101 Å². The average molecular weight is 265 g/mol. The Morgan fingerprint density at radius 1 is 1.33 bits per heavy atom. The first-order valence-corrected chi connectivity index (χ1v) is 5.14. The lowest BCUT2D eigenvalue weighted by atomic mass is 10.4. The standard InChI is InChI=1S/C8H14F3N7/c1-17(2)4-3-5-18(16-12)7-13-6(14-15-7)8(9,10)11/h12H,3-5H2,1-2H3,(H,13,14,15). The topological polar surface area (TPSA) is 84.3 Å². The number of nitrogens with one attached hydrogen (secondary N) is 2. The molecule has 0 amide bonds. The third-order valence-electron chi connectivity index (χ3n) is 2.07. The van der Waals surface area contributed by atoms with Gasteiger partial charge in [-0.15, -0.1) is 5.10 Å². The molecule has 0 atom stereocenters. The molecule has 1 aromatic rings. The highest BCUT2D eigenvalue weighted by Gasteiger charge is 2.36. The van der Waals surface area contributed by atoms with E-state index in [2.05, 4.69) is 20.4 Å². The van der Waals surface area contributed by atoms with Crippen LogP contribution < -0.4 is 5.01 Å². The van der Waals surface area contributed by atoms with Gasteiger partial charge in [0.25, 0.3) is 5.82 Å². The summed E-state index contributed by atoms with van der Waals surface area (Å²) in [6.07, 6.45) is -3.97. The number of hydrogen-bond donors (Lipinski definition) is 2. The van der Waals surface area contributed by atoms with Crippen LogP contribution in [0.2, 0.25) is 0 Å². The summed E-state index contributed by atoms with van der Waals surface area (Å²) in [6, 6.07) is 0. The van der Waals surface area contributed by atoms with Gasteiger partial charge in [-0.05, 0) is 27.1 Å². The molecule has 0 radical (unpaired) electrons. The maximum Gasteiger partial charge on any atom is 0.453 e. The van der Waals surface area contributed by atoms with Gasteiger partial charge in [0, 0.05) is 6.54 Å². The van der Waals surface area contributed by atoms with Gasteiger partial charge < -0.3 is 4.90 Å². The molecule has 0 saturated heterocycles. The fourth-order valence-electron chi connectivity index (χ4n) is 1.24. The molecule has 2 N–H and O–H groups in total. The Kier molecular flexibility index (Phi) is 4.59. The van der Waals surface area contributed by atoms with Crippen molar-refractivity contribution in [1.29, 1.82) is 5.53 Å². The molecule has 1 rings (SSSR count). The SMILES string of the molecule is CN(C)CCCN(N=N)c1nc(C(F)(F)F)n[nH]1. The fraction of sp³-hybridized carbons (Fsp3) is 0.750. The van der Waals surface area contributed by atoms with Crippen molar-refractivity contribution in [2.75, 3.05) is 32.2 Å². The highest BCUT2D eigenvalue weighted by molar-refractivity contribution is 5.26. The molecule has 0 aliphatic heterocycles. The lowest BCUT2D eigenvalue weighted by Gasteiger charge is -2.14. The average Bonchev–Trinajstić information content (AvgIpc) is 2.72. The monoisotopic (exact) mass is 265 g/mol. The quantitative estimate of drug-likeness (QED) is 0.603. The number of aromatic nitrogens is 3. The van der Waals surface area contributed by atoms with Crippen molar-refractivity contribution in [1.82, 2.24) is 20.1 Å².